The molecular formula is C24H32N6O. The van der Waals surface area contributed by atoms with Gasteiger partial charge in [0.05, 0.1) is 0 Å². The first-order valence-corrected chi connectivity index (χ1v) is 10.4. The molecule has 4 N–H and O–H groups in total. The van der Waals surface area contributed by atoms with Gasteiger partial charge in [-0.2, -0.15) is 4.98 Å². The standard InChI is InChI=1S/C22H26N6O.C2H6/c1-15-14-23-20(28-22(2,3)4)27-19(15)24-17-11-8-12-18(13-17)26-21(29)25-16-9-6-5-7-10-16;1-2/h5-14H,1-4H3,(H2,25,26,29)(H2,23,24,27,28);1-2H3. The SMILES string of the molecule is CC.Cc1cnc(NC(C)(C)C)nc1Nc1cccc(NC(=O)Nc2ccccc2)c1. The Kier molecular flexibility index (Phi) is 8.37. The number of para-hydroxylation sites is 1. The van der Waals surface area contributed by atoms with Gasteiger partial charge in [0.1, 0.15) is 5.82 Å². The molecule has 0 spiro atoms. The van der Waals surface area contributed by atoms with Crippen molar-refractivity contribution in [2.45, 2.75) is 47.1 Å². The summed E-state index contributed by atoms with van der Waals surface area (Å²) in [5.41, 5.74) is 3.00. The van der Waals surface area contributed by atoms with Crippen molar-refractivity contribution in [1.82, 2.24) is 9.97 Å². The van der Waals surface area contributed by atoms with Gasteiger partial charge in [0, 0.05) is 34.4 Å². The zero-order chi connectivity index (χ0) is 22.9. The Hall–Kier alpha value is -3.61. The van der Waals surface area contributed by atoms with Crippen molar-refractivity contribution in [1.29, 1.82) is 0 Å². The van der Waals surface area contributed by atoms with Crippen molar-refractivity contribution >= 4 is 34.9 Å². The molecule has 0 unspecified atom stereocenters. The summed E-state index contributed by atoms with van der Waals surface area (Å²) in [4.78, 5) is 21.1. The Balaban J connectivity index is 0.00000166. The maximum absolute atomic E-state index is 12.2. The van der Waals surface area contributed by atoms with E-state index in [1.165, 1.54) is 0 Å². The van der Waals surface area contributed by atoms with Gasteiger partial charge in [-0.25, -0.2) is 9.78 Å². The number of rotatable bonds is 5. The first-order valence-electron chi connectivity index (χ1n) is 10.4. The molecule has 164 valence electrons. The van der Waals surface area contributed by atoms with Crippen LogP contribution >= 0.6 is 0 Å². The smallest absolute Gasteiger partial charge is 0.323 e. The Morgan fingerprint density at radius 2 is 1.48 bits per heavy atom. The number of anilines is 5. The van der Waals surface area contributed by atoms with Crippen molar-refractivity contribution in [3.8, 4) is 0 Å². The van der Waals surface area contributed by atoms with Gasteiger partial charge in [-0.3, -0.25) is 0 Å². The Bertz CT molecular complexity index is 983. The highest BCUT2D eigenvalue weighted by atomic mass is 16.2. The van der Waals surface area contributed by atoms with Gasteiger partial charge in [0.15, 0.2) is 0 Å². The normalized spacial score (nSPS) is 10.4. The monoisotopic (exact) mass is 420 g/mol. The predicted molar refractivity (Wildman–Crippen MR) is 130 cm³/mol. The Morgan fingerprint density at radius 1 is 0.871 bits per heavy atom. The lowest BCUT2D eigenvalue weighted by molar-refractivity contribution is 0.262. The molecule has 7 nitrogen and oxygen atoms in total. The molecule has 31 heavy (non-hydrogen) atoms. The average molecular weight is 421 g/mol. The maximum Gasteiger partial charge on any atom is 0.323 e. The van der Waals surface area contributed by atoms with Crippen LogP contribution in [0.25, 0.3) is 0 Å². The van der Waals surface area contributed by atoms with Crippen LogP contribution in [0.2, 0.25) is 0 Å². The van der Waals surface area contributed by atoms with Crippen molar-refractivity contribution in [2.24, 2.45) is 0 Å². The number of hydrogen-bond acceptors (Lipinski definition) is 5. The second kappa shape index (κ2) is 11.0. The van der Waals surface area contributed by atoms with Gasteiger partial charge in [-0.05, 0) is 58.0 Å². The number of carbonyl (C=O) groups is 1. The van der Waals surface area contributed by atoms with Gasteiger partial charge >= 0.3 is 6.03 Å². The number of nitrogens with one attached hydrogen (secondary N) is 4. The zero-order valence-electron chi connectivity index (χ0n) is 19.1. The van der Waals surface area contributed by atoms with Crippen molar-refractivity contribution in [3.63, 3.8) is 0 Å². The molecule has 2 amide bonds. The van der Waals surface area contributed by atoms with E-state index >= 15 is 0 Å². The summed E-state index contributed by atoms with van der Waals surface area (Å²) in [6.45, 7) is 12.1. The van der Waals surface area contributed by atoms with Crippen LogP contribution in [-0.2, 0) is 0 Å². The summed E-state index contributed by atoms with van der Waals surface area (Å²) >= 11 is 0. The Labute approximate surface area is 184 Å². The summed E-state index contributed by atoms with van der Waals surface area (Å²) in [6, 6.07) is 16.5. The van der Waals surface area contributed by atoms with E-state index in [0.29, 0.717) is 17.5 Å². The summed E-state index contributed by atoms with van der Waals surface area (Å²) in [5.74, 6) is 1.26. The minimum atomic E-state index is -0.303. The largest absolute Gasteiger partial charge is 0.350 e. The van der Waals surface area contributed by atoms with Gasteiger partial charge in [-0.1, -0.05) is 38.1 Å². The molecule has 0 radical (unpaired) electrons. The van der Waals surface area contributed by atoms with Crippen LogP contribution < -0.4 is 21.3 Å². The van der Waals surface area contributed by atoms with Crippen molar-refractivity contribution in [3.05, 3.63) is 66.4 Å². The lowest BCUT2D eigenvalue weighted by atomic mass is 10.1. The molecule has 3 aromatic rings. The van der Waals surface area contributed by atoms with Gasteiger partial charge in [-0.15, -0.1) is 0 Å². The third-order valence-corrected chi connectivity index (χ3v) is 3.87. The van der Waals surface area contributed by atoms with E-state index in [1.54, 1.807) is 6.20 Å². The van der Waals surface area contributed by atoms with E-state index in [9.17, 15) is 4.79 Å². The Morgan fingerprint density at radius 3 is 2.16 bits per heavy atom. The molecule has 0 fully saturated rings. The van der Waals surface area contributed by atoms with Crippen LogP contribution in [0.5, 0.6) is 0 Å². The van der Waals surface area contributed by atoms with Crippen LogP contribution in [0.15, 0.2) is 60.8 Å². The highest BCUT2D eigenvalue weighted by Crippen LogP contribution is 2.23. The van der Waals surface area contributed by atoms with E-state index in [1.807, 2.05) is 75.4 Å². The summed E-state index contributed by atoms with van der Waals surface area (Å²) in [6.07, 6.45) is 1.78. The third kappa shape index (κ3) is 7.97. The van der Waals surface area contributed by atoms with Crippen molar-refractivity contribution in [2.75, 3.05) is 21.3 Å². The van der Waals surface area contributed by atoms with Crippen LogP contribution in [0.4, 0.5) is 33.6 Å². The molecular weight excluding hydrogens is 388 g/mol. The lowest BCUT2D eigenvalue weighted by Crippen LogP contribution is -2.27. The highest BCUT2D eigenvalue weighted by molar-refractivity contribution is 6.00. The fourth-order valence-corrected chi connectivity index (χ4v) is 2.59. The first-order chi connectivity index (χ1) is 14.8. The molecule has 0 aliphatic heterocycles. The minimum absolute atomic E-state index is 0.136. The zero-order valence-corrected chi connectivity index (χ0v) is 19.1. The van der Waals surface area contributed by atoms with Crippen LogP contribution in [-0.4, -0.2) is 21.5 Å². The summed E-state index contributed by atoms with van der Waals surface area (Å²) in [7, 11) is 0. The number of aromatic nitrogens is 2. The molecule has 1 aromatic heterocycles. The average Bonchev–Trinajstić information content (AvgIpc) is 2.72. The minimum Gasteiger partial charge on any atom is -0.350 e. The van der Waals surface area contributed by atoms with Crippen LogP contribution in [0.1, 0.15) is 40.2 Å². The second-order valence-electron chi connectivity index (χ2n) is 7.75. The van der Waals surface area contributed by atoms with Crippen molar-refractivity contribution < 1.29 is 4.79 Å². The van der Waals surface area contributed by atoms with Gasteiger partial charge in [0.2, 0.25) is 5.95 Å². The number of aryl methyl sites for hydroxylation is 1. The topological polar surface area (TPSA) is 91.0 Å². The van der Waals surface area contributed by atoms with Gasteiger partial charge < -0.3 is 21.3 Å². The number of urea groups is 1. The van der Waals surface area contributed by atoms with Crippen LogP contribution in [0.3, 0.4) is 0 Å². The second-order valence-corrected chi connectivity index (χ2v) is 7.75. The number of benzene rings is 2. The fraction of sp³-hybridized carbons (Fsp3) is 0.292. The number of amides is 2. The van der Waals surface area contributed by atoms with Crippen LogP contribution in [0, 0.1) is 6.92 Å². The molecule has 0 saturated heterocycles. The lowest BCUT2D eigenvalue weighted by Gasteiger charge is -2.21. The highest BCUT2D eigenvalue weighted by Gasteiger charge is 2.13. The molecule has 0 atom stereocenters. The molecule has 7 heteroatoms. The third-order valence-electron chi connectivity index (χ3n) is 3.87. The fourth-order valence-electron chi connectivity index (χ4n) is 2.59. The quantitative estimate of drug-likeness (QED) is 0.383. The van der Waals surface area contributed by atoms with E-state index in [-0.39, 0.29) is 11.6 Å². The number of hydrogen-bond donors (Lipinski definition) is 4. The molecule has 0 aliphatic carbocycles. The van der Waals surface area contributed by atoms with E-state index in [4.69, 9.17) is 0 Å². The molecule has 0 aliphatic rings. The molecule has 3 rings (SSSR count). The molecule has 0 bridgehead atoms. The molecule has 0 saturated carbocycles. The van der Waals surface area contributed by atoms with E-state index in [2.05, 4.69) is 52.0 Å². The predicted octanol–water partition coefficient (Wildman–Crippen LogP) is 6.41. The van der Waals surface area contributed by atoms with Gasteiger partial charge in [0.25, 0.3) is 0 Å². The van der Waals surface area contributed by atoms with E-state index < -0.39 is 0 Å². The first kappa shape index (κ1) is 23.7. The number of nitrogens with zero attached hydrogens (tertiary/aromatic N) is 2. The summed E-state index contributed by atoms with van der Waals surface area (Å²) < 4.78 is 0. The molecule has 2 aromatic carbocycles. The number of carbonyl (C=O) groups excluding carboxylic acids is 1. The maximum atomic E-state index is 12.2. The molecule has 1 heterocycles. The summed E-state index contributed by atoms with van der Waals surface area (Å²) in [5, 5.41) is 12.2. The van der Waals surface area contributed by atoms with E-state index in [0.717, 1.165) is 16.9 Å².